The Bertz CT molecular complexity index is 675. The zero-order valence-electron chi connectivity index (χ0n) is 11.3. The van der Waals surface area contributed by atoms with Crippen LogP contribution in [0.3, 0.4) is 0 Å². The van der Waals surface area contributed by atoms with Crippen LogP contribution in [-0.4, -0.2) is 5.66 Å². The first-order valence-electron chi connectivity index (χ1n) is 5.93. The summed E-state index contributed by atoms with van der Waals surface area (Å²) >= 11 is 0. The molecule has 0 radical (unpaired) electrons. The van der Waals surface area contributed by atoms with E-state index in [9.17, 15) is 14.2 Å². The molecule has 0 N–H and O–H groups in total. The first kappa shape index (κ1) is 15.6. The second-order valence-electron chi connectivity index (χ2n) is 4.29. The van der Waals surface area contributed by atoms with E-state index in [1.165, 1.54) is 0 Å². The topological polar surface area (TPSA) is 122 Å². The summed E-state index contributed by atoms with van der Waals surface area (Å²) in [5, 5.41) is 0. The highest BCUT2D eigenvalue weighted by Gasteiger charge is 2.30. The molecule has 0 unspecified atom stereocenters. The van der Waals surface area contributed by atoms with Crippen molar-refractivity contribution in [3.05, 3.63) is 45.3 Å². The van der Waals surface area contributed by atoms with E-state index in [1.807, 2.05) is 0 Å². The molecule has 0 aliphatic rings. The van der Waals surface area contributed by atoms with E-state index in [-0.39, 0.29) is 24.7 Å². The molecule has 0 fully saturated rings. The molecule has 2 rings (SSSR count). The SMILES string of the molecule is CC(C)P(=O)(OCc1coc(=O)o1)OCc1coc(=O)o1. The highest BCUT2D eigenvalue weighted by molar-refractivity contribution is 7.54. The molecule has 2 aromatic rings. The Morgan fingerprint density at radius 3 is 1.71 bits per heavy atom. The summed E-state index contributed by atoms with van der Waals surface area (Å²) in [5.41, 5.74) is -0.463. The Hall–Kier alpha value is -1.83. The van der Waals surface area contributed by atoms with E-state index in [0.717, 1.165) is 12.5 Å². The van der Waals surface area contributed by atoms with Crippen LogP contribution in [0.1, 0.15) is 25.4 Å². The molecule has 0 bridgehead atoms. The fourth-order valence-electron chi connectivity index (χ4n) is 1.31. The molecule has 10 heteroatoms. The highest BCUT2D eigenvalue weighted by atomic mass is 31.2. The predicted octanol–water partition coefficient (Wildman–Crippen LogP) is 2.11. The minimum Gasteiger partial charge on any atom is -0.399 e. The number of hydrogen-bond donors (Lipinski definition) is 0. The third-order valence-electron chi connectivity index (χ3n) is 2.41. The lowest BCUT2D eigenvalue weighted by molar-refractivity contribution is 0.164. The fourth-order valence-corrected chi connectivity index (χ4v) is 2.59. The first-order valence-corrected chi connectivity index (χ1v) is 7.54. The van der Waals surface area contributed by atoms with Gasteiger partial charge in [0.25, 0.3) is 0 Å². The van der Waals surface area contributed by atoms with Crippen LogP contribution in [0.2, 0.25) is 0 Å². The third-order valence-corrected chi connectivity index (χ3v) is 4.65. The van der Waals surface area contributed by atoms with Gasteiger partial charge in [-0.3, -0.25) is 4.57 Å². The average Bonchev–Trinajstić information content (AvgIpc) is 3.02. The van der Waals surface area contributed by atoms with Gasteiger partial charge in [0.15, 0.2) is 11.5 Å². The van der Waals surface area contributed by atoms with Crippen molar-refractivity contribution < 1.29 is 31.3 Å². The molecule has 0 aliphatic heterocycles. The van der Waals surface area contributed by atoms with Gasteiger partial charge in [-0.15, -0.1) is 0 Å². The van der Waals surface area contributed by atoms with Gasteiger partial charge in [-0.25, -0.2) is 9.59 Å². The van der Waals surface area contributed by atoms with Gasteiger partial charge in [-0.2, -0.15) is 0 Å². The van der Waals surface area contributed by atoms with Crippen LogP contribution in [0.4, 0.5) is 0 Å². The summed E-state index contributed by atoms with van der Waals surface area (Å²) in [6, 6.07) is 0. The van der Waals surface area contributed by atoms with Crippen LogP contribution in [0.15, 0.2) is 39.8 Å². The van der Waals surface area contributed by atoms with Crippen LogP contribution < -0.4 is 11.6 Å². The normalized spacial score (nSPS) is 12.1. The van der Waals surface area contributed by atoms with Crippen LogP contribution in [0.5, 0.6) is 0 Å². The molecule has 21 heavy (non-hydrogen) atoms. The Morgan fingerprint density at radius 2 is 1.43 bits per heavy atom. The van der Waals surface area contributed by atoms with Crippen LogP contribution in [-0.2, 0) is 26.8 Å². The molecule has 0 saturated heterocycles. The number of hydrogen-bond acceptors (Lipinski definition) is 9. The van der Waals surface area contributed by atoms with E-state index in [0.29, 0.717) is 0 Å². The Morgan fingerprint density at radius 1 is 1.00 bits per heavy atom. The Labute approximate surface area is 118 Å². The molecule has 9 nitrogen and oxygen atoms in total. The lowest BCUT2D eigenvalue weighted by atomic mass is 10.6. The van der Waals surface area contributed by atoms with E-state index in [2.05, 4.69) is 17.7 Å². The van der Waals surface area contributed by atoms with Gasteiger partial charge >= 0.3 is 19.2 Å². The monoisotopic (exact) mass is 320 g/mol. The molecule has 0 spiro atoms. The van der Waals surface area contributed by atoms with Gasteiger partial charge in [0.05, 0.1) is 5.66 Å². The zero-order valence-corrected chi connectivity index (χ0v) is 12.2. The molecular formula is C11H13O9P. The van der Waals surface area contributed by atoms with E-state index < -0.39 is 24.9 Å². The standard InChI is InChI=1S/C11H13O9P/c1-7(2)21(14,17-5-8-3-15-10(12)19-8)18-6-9-4-16-11(13)20-9/h3-4,7H,5-6H2,1-2H3. The maximum absolute atomic E-state index is 12.5. The second kappa shape index (κ2) is 6.30. The smallest absolute Gasteiger partial charge is 0.399 e. The van der Waals surface area contributed by atoms with E-state index >= 15 is 0 Å². The van der Waals surface area contributed by atoms with Crippen molar-refractivity contribution in [3.63, 3.8) is 0 Å². The number of rotatable bonds is 7. The second-order valence-corrected chi connectivity index (χ2v) is 6.92. The van der Waals surface area contributed by atoms with Gasteiger partial charge in [-0.1, -0.05) is 13.8 Å². The largest absolute Gasteiger partial charge is 0.518 e. The third kappa shape index (κ3) is 4.07. The van der Waals surface area contributed by atoms with Crippen molar-refractivity contribution in [2.75, 3.05) is 0 Å². The van der Waals surface area contributed by atoms with Gasteiger partial charge in [-0.05, 0) is 0 Å². The van der Waals surface area contributed by atoms with E-state index in [4.69, 9.17) is 9.05 Å². The maximum atomic E-state index is 12.5. The minimum absolute atomic E-state index is 0.0827. The molecule has 116 valence electrons. The van der Waals surface area contributed by atoms with Crippen molar-refractivity contribution >= 4 is 7.60 Å². The van der Waals surface area contributed by atoms with Crippen LogP contribution in [0, 0.1) is 0 Å². The molecule has 0 aliphatic carbocycles. The lowest BCUT2D eigenvalue weighted by Gasteiger charge is -2.20. The average molecular weight is 320 g/mol. The summed E-state index contributed by atoms with van der Waals surface area (Å²) in [5.74, 6) is -1.60. The molecular weight excluding hydrogens is 307 g/mol. The summed E-state index contributed by atoms with van der Waals surface area (Å²) in [6.45, 7) is 2.77. The first-order chi connectivity index (χ1) is 9.89. The lowest BCUT2D eigenvalue weighted by Crippen LogP contribution is -2.06. The summed E-state index contributed by atoms with van der Waals surface area (Å²) in [7, 11) is -3.51. The van der Waals surface area contributed by atoms with Gasteiger partial charge in [0.2, 0.25) is 0 Å². The molecule has 0 atom stereocenters. The Balaban J connectivity index is 2.00. The fraction of sp³-hybridized carbons (Fsp3) is 0.455. The molecule has 0 aromatic carbocycles. The van der Waals surface area contributed by atoms with Gasteiger partial charge < -0.3 is 26.7 Å². The van der Waals surface area contributed by atoms with Crippen LogP contribution >= 0.6 is 7.60 Å². The molecule has 2 heterocycles. The van der Waals surface area contributed by atoms with Crippen molar-refractivity contribution in [2.45, 2.75) is 32.7 Å². The van der Waals surface area contributed by atoms with Crippen molar-refractivity contribution in [1.82, 2.24) is 0 Å². The van der Waals surface area contributed by atoms with Crippen molar-refractivity contribution in [1.29, 1.82) is 0 Å². The zero-order chi connectivity index (χ0) is 15.5. The molecule has 0 amide bonds. The van der Waals surface area contributed by atoms with E-state index in [1.54, 1.807) is 13.8 Å². The predicted molar refractivity (Wildman–Crippen MR) is 66.8 cm³/mol. The minimum atomic E-state index is -3.51. The summed E-state index contributed by atoms with van der Waals surface area (Å²) in [4.78, 5) is 21.4. The summed E-state index contributed by atoms with van der Waals surface area (Å²) in [6.07, 6.45) is 2.12. The Kier molecular flexibility index (Phi) is 4.66. The quantitative estimate of drug-likeness (QED) is 0.705. The van der Waals surface area contributed by atoms with Gasteiger partial charge in [0.1, 0.15) is 25.7 Å². The van der Waals surface area contributed by atoms with Crippen molar-refractivity contribution in [3.8, 4) is 0 Å². The highest BCUT2D eigenvalue weighted by Crippen LogP contribution is 2.54. The van der Waals surface area contributed by atoms with Crippen LogP contribution in [0.25, 0.3) is 0 Å². The summed E-state index contributed by atoms with van der Waals surface area (Å²) < 4.78 is 41.1. The van der Waals surface area contributed by atoms with Crippen molar-refractivity contribution in [2.24, 2.45) is 0 Å². The molecule has 2 aromatic heterocycles. The van der Waals surface area contributed by atoms with Gasteiger partial charge in [0, 0.05) is 0 Å². The maximum Gasteiger partial charge on any atom is 0.518 e. The molecule has 0 saturated carbocycles.